The van der Waals surface area contributed by atoms with E-state index in [2.05, 4.69) is 20.6 Å². The molecule has 2 amide bonds. The van der Waals surface area contributed by atoms with Gasteiger partial charge in [0.2, 0.25) is 0 Å². The number of fused-ring (bicyclic) bond motifs is 3. The molecule has 0 radical (unpaired) electrons. The van der Waals surface area contributed by atoms with Crippen molar-refractivity contribution in [1.82, 2.24) is 19.9 Å². The second-order valence-electron chi connectivity index (χ2n) is 7.28. The van der Waals surface area contributed by atoms with Crippen molar-refractivity contribution in [3.8, 4) is 0 Å². The van der Waals surface area contributed by atoms with Gasteiger partial charge in [0, 0.05) is 18.5 Å². The third-order valence-electron chi connectivity index (χ3n) is 5.07. The predicted molar refractivity (Wildman–Crippen MR) is 117 cm³/mol. The number of aromatic nitrogens is 3. The van der Waals surface area contributed by atoms with Gasteiger partial charge in [-0.05, 0) is 31.0 Å². The maximum atomic E-state index is 13.0. The minimum absolute atomic E-state index is 0.277. The van der Waals surface area contributed by atoms with Crippen LogP contribution in [0, 0.1) is 0 Å². The number of nitrogen functional groups attached to an aromatic ring is 1. The maximum Gasteiger partial charge on any atom is 0.418 e. The lowest BCUT2D eigenvalue weighted by atomic mass is 10.1. The van der Waals surface area contributed by atoms with Crippen LogP contribution >= 0.6 is 0 Å². The molecule has 0 aliphatic carbocycles. The molecule has 4 rings (SSSR count). The van der Waals surface area contributed by atoms with Crippen molar-refractivity contribution >= 4 is 39.5 Å². The number of aryl methyl sites for hydroxylation is 1. The van der Waals surface area contributed by atoms with E-state index >= 15 is 0 Å². The average molecular weight is 442 g/mol. The van der Waals surface area contributed by atoms with Gasteiger partial charge >= 0.3 is 12.2 Å². The summed E-state index contributed by atoms with van der Waals surface area (Å²) in [6, 6.07) is 11.9. The third-order valence-corrected chi connectivity index (χ3v) is 5.07. The number of nitrogens with one attached hydrogen (secondary N) is 2. The second-order valence-corrected chi connectivity index (χ2v) is 7.28. The number of hydrogen-bond acceptors (Lipinski definition) is 4. The average Bonchev–Trinajstić information content (AvgIpc) is 3.18. The van der Waals surface area contributed by atoms with E-state index in [1.807, 2.05) is 28.8 Å². The van der Waals surface area contributed by atoms with Gasteiger partial charge in [0.1, 0.15) is 5.52 Å². The molecule has 4 aromatic rings. The largest absolute Gasteiger partial charge is 0.418 e. The number of benzene rings is 2. The Labute approximate surface area is 181 Å². The van der Waals surface area contributed by atoms with E-state index in [-0.39, 0.29) is 5.69 Å². The number of unbranched alkanes of at least 4 members (excludes halogenated alkanes) is 1. The molecule has 0 aliphatic heterocycles. The van der Waals surface area contributed by atoms with Crippen molar-refractivity contribution in [1.29, 1.82) is 0 Å². The molecule has 0 atom stereocenters. The molecule has 7 nitrogen and oxygen atoms in total. The lowest BCUT2D eigenvalue weighted by molar-refractivity contribution is -0.136. The molecule has 10 heteroatoms. The number of alkyl halides is 3. The standard InChI is InChI=1S/C22H21F3N6O/c23-22(24,25)15-8-2-4-10-17(15)30-21(32)27-11-5-6-12-31-13-28-18-19(31)14-7-1-3-9-16(14)29-20(18)26/h1-4,7-10,13H,5-6,11-12H2,(H2,26,29)(H2,27,30,32). The van der Waals surface area contributed by atoms with Crippen LogP contribution in [0.15, 0.2) is 54.9 Å². The molecule has 0 fully saturated rings. The number of anilines is 2. The van der Waals surface area contributed by atoms with Gasteiger partial charge in [-0.15, -0.1) is 0 Å². The molecule has 0 unspecified atom stereocenters. The van der Waals surface area contributed by atoms with E-state index in [0.29, 0.717) is 30.8 Å². The number of carbonyl (C=O) groups excluding carboxylic acids is 1. The van der Waals surface area contributed by atoms with E-state index in [0.717, 1.165) is 28.9 Å². The number of hydrogen-bond donors (Lipinski definition) is 3. The number of nitrogens with two attached hydrogens (primary N) is 1. The molecule has 0 aliphatic rings. The number of pyridine rings is 1. The highest BCUT2D eigenvalue weighted by Crippen LogP contribution is 2.34. The monoisotopic (exact) mass is 442 g/mol. The van der Waals surface area contributed by atoms with Gasteiger partial charge in [-0.2, -0.15) is 13.2 Å². The fraction of sp³-hybridized carbons (Fsp3) is 0.227. The smallest absolute Gasteiger partial charge is 0.382 e. The Hall–Kier alpha value is -3.82. The van der Waals surface area contributed by atoms with Crippen molar-refractivity contribution < 1.29 is 18.0 Å². The number of rotatable bonds is 6. The minimum atomic E-state index is -4.54. The molecular formula is C22H21F3N6O. The Morgan fingerprint density at radius 3 is 2.62 bits per heavy atom. The maximum absolute atomic E-state index is 13.0. The van der Waals surface area contributed by atoms with E-state index < -0.39 is 17.8 Å². The first-order valence-electron chi connectivity index (χ1n) is 10.0. The Morgan fingerprint density at radius 2 is 1.81 bits per heavy atom. The number of amides is 2. The number of urea groups is 1. The highest BCUT2D eigenvalue weighted by atomic mass is 19.4. The Balaban J connectivity index is 1.33. The molecule has 4 N–H and O–H groups in total. The van der Waals surface area contributed by atoms with Gasteiger partial charge in [0.05, 0.1) is 28.6 Å². The third kappa shape index (κ3) is 4.43. The van der Waals surface area contributed by atoms with Crippen LogP contribution in [-0.4, -0.2) is 27.1 Å². The summed E-state index contributed by atoms with van der Waals surface area (Å²) in [4.78, 5) is 20.8. The van der Waals surface area contributed by atoms with Crippen molar-refractivity contribution in [3.63, 3.8) is 0 Å². The molecule has 2 heterocycles. The van der Waals surface area contributed by atoms with Crippen LogP contribution in [0.25, 0.3) is 21.9 Å². The van der Waals surface area contributed by atoms with Gasteiger partial charge < -0.3 is 20.9 Å². The van der Waals surface area contributed by atoms with Crippen molar-refractivity contribution in [3.05, 3.63) is 60.4 Å². The van der Waals surface area contributed by atoms with Crippen LogP contribution in [-0.2, 0) is 12.7 Å². The van der Waals surface area contributed by atoms with Crippen molar-refractivity contribution in [2.45, 2.75) is 25.6 Å². The van der Waals surface area contributed by atoms with E-state index in [1.165, 1.54) is 18.2 Å². The zero-order valence-corrected chi connectivity index (χ0v) is 17.0. The molecular weight excluding hydrogens is 421 g/mol. The summed E-state index contributed by atoms with van der Waals surface area (Å²) in [5.74, 6) is 0.370. The normalized spacial score (nSPS) is 11.7. The van der Waals surface area contributed by atoms with Gasteiger partial charge in [0.25, 0.3) is 0 Å². The fourth-order valence-electron chi connectivity index (χ4n) is 3.59. The quantitative estimate of drug-likeness (QED) is 0.374. The molecule has 166 valence electrons. The molecule has 0 saturated carbocycles. The van der Waals surface area contributed by atoms with Crippen LogP contribution in [0.4, 0.5) is 29.5 Å². The van der Waals surface area contributed by atoms with Gasteiger partial charge in [-0.1, -0.05) is 30.3 Å². The second kappa shape index (κ2) is 8.74. The van der Waals surface area contributed by atoms with Crippen LogP contribution in [0.3, 0.4) is 0 Å². The Morgan fingerprint density at radius 1 is 1.06 bits per heavy atom. The number of halogens is 3. The number of imidazole rings is 1. The summed E-state index contributed by atoms with van der Waals surface area (Å²) >= 11 is 0. The minimum Gasteiger partial charge on any atom is -0.382 e. The number of carbonyl (C=O) groups is 1. The highest BCUT2D eigenvalue weighted by Gasteiger charge is 2.33. The first-order valence-corrected chi connectivity index (χ1v) is 10.0. The van der Waals surface area contributed by atoms with Crippen LogP contribution < -0.4 is 16.4 Å². The lowest BCUT2D eigenvalue weighted by Gasteiger charge is -2.14. The van der Waals surface area contributed by atoms with E-state index in [9.17, 15) is 18.0 Å². The van der Waals surface area contributed by atoms with Crippen molar-refractivity contribution in [2.75, 3.05) is 17.6 Å². The number of para-hydroxylation sites is 2. The number of nitrogens with zero attached hydrogens (tertiary/aromatic N) is 3. The van der Waals surface area contributed by atoms with Crippen LogP contribution in [0.5, 0.6) is 0 Å². The summed E-state index contributed by atoms with van der Waals surface area (Å²) < 4.78 is 41.1. The highest BCUT2D eigenvalue weighted by molar-refractivity contribution is 6.06. The summed E-state index contributed by atoms with van der Waals surface area (Å²) in [6.45, 7) is 0.960. The summed E-state index contributed by atoms with van der Waals surface area (Å²) in [7, 11) is 0. The lowest BCUT2D eigenvalue weighted by Crippen LogP contribution is -2.30. The molecule has 2 aromatic carbocycles. The first kappa shape index (κ1) is 21.4. The SMILES string of the molecule is Nc1nc2ccccc2c2c1ncn2CCCCNC(=O)Nc1ccccc1C(F)(F)F. The van der Waals surface area contributed by atoms with E-state index in [4.69, 9.17) is 5.73 Å². The Bertz CT molecular complexity index is 1270. The molecule has 32 heavy (non-hydrogen) atoms. The van der Waals surface area contributed by atoms with E-state index in [1.54, 1.807) is 6.33 Å². The summed E-state index contributed by atoms with van der Waals surface area (Å²) in [5, 5.41) is 5.81. The van der Waals surface area contributed by atoms with Gasteiger partial charge in [-0.3, -0.25) is 0 Å². The molecule has 0 bridgehead atoms. The Kier molecular flexibility index (Phi) is 5.85. The first-order chi connectivity index (χ1) is 15.3. The summed E-state index contributed by atoms with van der Waals surface area (Å²) in [6.07, 6.45) is -1.47. The molecule has 2 aromatic heterocycles. The van der Waals surface area contributed by atoms with Crippen LogP contribution in [0.2, 0.25) is 0 Å². The van der Waals surface area contributed by atoms with Gasteiger partial charge in [-0.25, -0.2) is 14.8 Å². The fourth-order valence-corrected chi connectivity index (χ4v) is 3.59. The van der Waals surface area contributed by atoms with Gasteiger partial charge in [0.15, 0.2) is 5.82 Å². The van der Waals surface area contributed by atoms with Crippen molar-refractivity contribution in [2.24, 2.45) is 0 Å². The zero-order valence-electron chi connectivity index (χ0n) is 17.0. The molecule has 0 saturated heterocycles. The predicted octanol–water partition coefficient (Wildman–Crippen LogP) is 4.79. The topological polar surface area (TPSA) is 97.9 Å². The van der Waals surface area contributed by atoms with Crippen LogP contribution in [0.1, 0.15) is 18.4 Å². The molecule has 0 spiro atoms. The summed E-state index contributed by atoms with van der Waals surface area (Å²) in [5.41, 5.74) is 7.21. The zero-order chi connectivity index (χ0) is 22.7.